The Kier molecular flexibility index (Phi) is 2.64. The zero-order valence-electron chi connectivity index (χ0n) is 14.5. The Morgan fingerprint density at radius 3 is 2.32 bits per heavy atom. The molecular formula is C20H26O2. The van der Waals surface area contributed by atoms with E-state index in [1.165, 1.54) is 17.5 Å². The molecular weight excluding hydrogens is 272 g/mol. The molecule has 22 heavy (non-hydrogen) atoms. The van der Waals surface area contributed by atoms with Crippen LogP contribution in [0.1, 0.15) is 51.2 Å². The van der Waals surface area contributed by atoms with Gasteiger partial charge >= 0.3 is 0 Å². The molecule has 0 N–H and O–H groups in total. The Hall–Kier alpha value is -1.44. The molecule has 0 unspecified atom stereocenters. The van der Waals surface area contributed by atoms with Gasteiger partial charge in [-0.1, -0.05) is 39.3 Å². The smallest absolute Gasteiger partial charge is 0.126 e. The molecule has 3 fully saturated rings. The third-order valence-electron chi connectivity index (χ3n) is 6.86. The van der Waals surface area contributed by atoms with Crippen LogP contribution in [-0.2, 0) is 0 Å². The first-order valence-corrected chi connectivity index (χ1v) is 8.29. The molecule has 0 saturated heterocycles. The first kappa shape index (κ1) is 14.2. The molecule has 1 aromatic rings. The zero-order valence-corrected chi connectivity index (χ0v) is 14.5. The summed E-state index contributed by atoms with van der Waals surface area (Å²) in [6.45, 7) is 9.80. The van der Waals surface area contributed by atoms with E-state index in [1.54, 1.807) is 19.8 Å². The van der Waals surface area contributed by atoms with Crippen LogP contribution in [0.4, 0.5) is 0 Å². The van der Waals surface area contributed by atoms with Crippen LogP contribution in [0.5, 0.6) is 11.5 Å². The molecule has 3 atom stereocenters. The Morgan fingerprint density at radius 1 is 1.00 bits per heavy atom. The molecule has 2 nitrogen and oxygen atoms in total. The molecule has 5 rings (SSSR count). The average molecular weight is 298 g/mol. The van der Waals surface area contributed by atoms with E-state index >= 15 is 0 Å². The van der Waals surface area contributed by atoms with Crippen LogP contribution in [0.3, 0.4) is 0 Å². The van der Waals surface area contributed by atoms with Gasteiger partial charge < -0.3 is 9.47 Å². The fourth-order valence-corrected chi connectivity index (χ4v) is 5.82. The molecule has 0 spiro atoms. The fourth-order valence-electron chi connectivity index (χ4n) is 5.82. The maximum absolute atomic E-state index is 5.73. The van der Waals surface area contributed by atoms with E-state index in [0.717, 1.165) is 23.3 Å². The van der Waals surface area contributed by atoms with Crippen LogP contribution >= 0.6 is 0 Å². The third kappa shape index (κ3) is 1.46. The SMILES string of the molecule is COc1cc2c(c(OC)c1)[C@H]1C(=C2)[C@H]2C[C@H](C2(C)C)C1(C)C. The number of ether oxygens (including phenoxy) is 2. The van der Waals surface area contributed by atoms with Crippen molar-refractivity contribution in [3.63, 3.8) is 0 Å². The molecule has 0 heterocycles. The Bertz CT molecular complexity index is 681. The second kappa shape index (κ2) is 4.10. The third-order valence-corrected chi connectivity index (χ3v) is 6.86. The summed E-state index contributed by atoms with van der Waals surface area (Å²) in [5, 5.41) is 0. The monoisotopic (exact) mass is 298 g/mol. The van der Waals surface area contributed by atoms with E-state index in [0.29, 0.717) is 11.3 Å². The quantitative estimate of drug-likeness (QED) is 0.774. The highest BCUT2D eigenvalue weighted by atomic mass is 16.5. The Labute approximate surface area is 133 Å². The van der Waals surface area contributed by atoms with Crippen molar-refractivity contribution in [2.45, 2.75) is 40.0 Å². The van der Waals surface area contributed by atoms with Crippen molar-refractivity contribution < 1.29 is 9.47 Å². The number of benzene rings is 1. The van der Waals surface area contributed by atoms with Gasteiger partial charge in [0.1, 0.15) is 11.5 Å². The van der Waals surface area contributed by atoms with Gasteiger partial charge in [-0.15, -0.1) is 0 Å². The standard InChI is InChI=1S/C20H26O2/c1-19(2)14-10-16(19)20(3,4)18-13(14)8-11-7-12(21-5)9-15(22-6)17(11)18/h7-9,14,16,18H,10H2,1-6H3/t14-,16-,18-/m1/s1. The van der Waals surface area contributed by atoms with Crippen LogP contribution in [0.25, 0.3) is 6.08 Å². The van der Waals surface area contributed by atoms with E-state index in [1.807, 2.05) is 6.07 Å². The lowest BCUT2D eigenvalue weighted by atomic mass is 9.37. The maximum atomic E-state index is 5.73. The van der Waals surface area contributed by atoms with Crippen molar-refractivity contribution in [3.05, 3.63) is 28.8 Å². The minimum absolute atomic E-state index is 0.275. The second-order valence-corrected chi connectivity index (χ2v) is 8.39. The zero-order chi connectivity index (χ0) is 15.9. The molecule has 2 bridgehead atoms. The molecule has 4 aliphatic rings. The summed E-state index contributed by atoms with van der Waals surface area (Å²) in [6.07, 6.45) is 3.77. The Morgan fingerprint density at radius 2 is 1.73 bits per heavy atom. The van der Waals surface area contributed by atoms with Crippen molar-refractivity contribution in [3.8, 4) is 11.5 Å². The highest BCUT2D eigenvalue weighted by Crippen LogP contribution is 2.74. The number of hydrogen-bond acceptors (Lipinski definition) is 2. The topological polar surface area (TPSA) is 18.5 Å². The van der Waals surface area contributed by atoms with E-state index in [-0.39, 0.29) is 5.41 Å². The van der Waals surface area contributed by atoms with Crippen molar-refractivity contribution >= 4 is 6.08 Å². The van der Waals surface area contributed by atoms with Crippen molar-refractivity contribution in [2.24, 2.45) is 22.7 Å². The van der Waals surface area contributed by atoms with Gasteiger partial charge in [-0.3, -0.25) is 0 Å². The van der Waals surface area contributed by atoms with Crippen LogP contribution < -0.4 is 9.47 Å². The van der Waals surface area contributed by atoms with Crippen LogP contribution in [-0.4, -0.2) is 14.2 Å². The number of hydrogen-bond donors (Lipinski definition) is 0. The number of fused-ring (bicyclic) bond motifs is 1. The molecule has 2 heteroatoms. The summed E-state index contributed by atoms with van der Waals surface area (Å²) in [7, 11) is 3.49. The lowest BCUT2D eigenvalue weighted by Gasteiger charge is -2.67. The molecule has 0 amide bonds. The predicted molar refractivity (Wildman–Crippen MR) is 89.4 cm³/mol. The highest BCUT2D eigenvalue weighted by Gasteiger charge is 2.65. The van der Waals surface area contributed by atoms with Gasteiger partial charge in [-0.25, -0.2) is 0 Å². The summed E-state index contributed by atoms with van der Waals surface area (Å²) in [4.78, 5) is 0. The number of methoxy groups -OCH3 is 2. The van der Waals surface area contributed by atoms with Crippen molar-refractivity contribution in [1.29, 1.82) is 0 Å². The molecule has 3 saturated carbocycles. The van der Waals surface area contributed by atoms with Gasteiger partial charge in [0.05, 0.1) is 14.2 Å². The van der Waals surface area contributed by atoms with E-state index in [9.17, 15) is 0 Å². The van der Waals surface area contributed by atoms with Crippen LogP contribution in [0, 0.1) is 22.7 Å². The average Bonchev–Trinajstić information content (AvgIpc) is 2.84. The predicted octanol–water partition coefficient (Wildman–Crippen LogP) is 4.89. The van der Waals surface area contributed by atoms with E-state index < -0.39 is 0 Å². The first-order chi connectivity index (χ1) is 10.3. The lowest BCUT2D eigenvalue weighted by Crippen LogP contribution is -2.59. The summed E-state index contributed by atoms with van der Waals surface area (Å²) >= 11 is 0. The van der Waals surface area contributed by atoms with Crippen LogP contribution in [0.15, 0.2) is 17.7 Å². The van der Waals surface area contributed by atoms with E-state index in [4.69, 9.17) is 9.47 Å². The largest absolute Gasteiger partial charge is 0.497 e. The normalized spacial score (nSPS) is 32.5. The summed E-state index contributed by atoms with van der Waals surface area (Å²) in [5.74, 6) is 3.87. The van der Waals surface area contributed by atoms with Gasteiger partial charge in [-0.05, 0) is 40.7 Å². The lowest BCUT2D eigenvalue weighted by molar-refractivity contribution is -0.117. The number of allylic oxidation sites excluding steroid dienone is 1. The first-order valence-electron chi connectivity index (χ1n) is 8.29. The minimum Gasteiger partial charge on any atom is -0.497 e. The molecule has 0 aliphatic heterocycles. The second-order valence-electron chi connectivity index (χ2n) is 8.39. The van der Waals surface area contributed by atoms with Gasteiger partial charge in [0.15, 0.2) is 0 Å². The van der Waals surface area contributed by atoms with E-state index in [2.05, 4.69) is 39.8 Å². The van der Waals surface area contributed by atoms with Crippen LogP contribution in [0.2, 0.25) is 0 Å². The van der Waals surface area contributed by atoms with Gasteiger partial charge in [-0.2, -0.15) is 0 Å². The summed E-state index contributed by atoms with van der Waals surface area (Å²) in [5.41, 5.74) is 5.00. The fraction of sp³-hybridized carbons (Fsp3) is 0.600. The molecule has 0 radical (unpaired) electrons. The van der Waals surface area contributed by atoms with Crippen molar-refractivity contribution in [1.82, 2.24) is 0 Å². The molecule has 118 valence electrons. The van der Waals surface area contributed by atoms with Gasteiger partial charge in [0, 0.05) is 17.5 Å². The summed E-state index contributed by atoms with van der Waals surface area (Å²) in [6, 6.07) is 4.21. The maximum Gasteiger partial charge on any atom is 0.126 e. The van der Waals surface area contributed by atoms with Crippen molar-refractivity contribution in [2.75, 3.05) is 14.2 Å². The number of rotatable bonds is 2. The van der Waals surface area contributed by atoms with Gasteiger partial charge in [0.25, 0.3) is 0 Å². The minimum atomic E-state index is 0.275. The highest BCUT2D eigenvalue weighted by molar-refractivity contribution is 5.74. The molecule has 1 aromatic carbocycles. The molecule has 4 aliphatic carbocycles. The Balaban J connectivity index is 1.92. The summed E-state index contributed by atoms with van der Waals surface area (Å²) < 4.78 is 11.2. The molecule has 0 aromatic heterocycles. The van der Waals surface area contributed by atoms with Gasteiger partial charge in [0.2, 0.25) is 0 Å².